The first-order chi connectivity index (χ1) is 14.0. The minimum atomic E-state index is -4.42. The monoisotopic (exact) mass is 418 g/mol. The lowest BCUT2D eigenvalue weighted by Gasteiger charge is -2.24. The van der Waals surface area contributed by atoms with Crippen molar-refractivity contribution in [3.05, 3.63) is 71.4 Å². The number of carbonyl (C=O) groups excluding carboxylic acids is 1. The lowest BCUT2D eigenvalue weighted by Crippen LogP contribution is -2.41. The number of hydrogen-bond acceptors (Lipinski definition) is 2. The number of nitrogens with one attached hydrogen (secondary N) is 2. The zero-order chi connectivity index (χ0) is 21.9. The van der Waals surface area contributed by atoms with E-state index in [0.717, 1.165) is 17.7 Å². The Labute approximate surface area is 173 Å². The van der Waals surface area contributed by atoms with Crippen molar-refractivity contribution in [2.24, 2.45) is 0 Å². The van der Waals surface area contributed by atoms with Gasteiger partial charge in [-0.15, -0.1) is 0 Å². The standard InChI is InChI=1S/C23H25F3N2O2/c1-22(2,3)30-21(29)28-18(11-15-7-5-4-6-8-15)12-16-14-27-20-10-9-17(13-19(16)20)23(24,25)26/h4-10,13-14,18,27H,11-12H2,1-3H3,(H,28,29)/t18-/m1/s1. The van der Waals surface area contributed by atoms with Gasteiger partial charge in [-0.3, -0.25) is 0 Å². The molecule has 7 heteroatoms. The second-order valence-electron chi connectivity index (χ2n) is 8.31. The van der Waals surface area contributed by atoms with Crippen molar-refractivity contribution in [2.75, 3.05) is 0 Å². The van der Waals surface area contributed by atoms with Gasteiger partial charge in [-0.05, 0) is 62.9 Å². The van der Waals surface area contributed by atoms with Gasteiger partial charge >= 0.3 is 12.3 Å². The zero-order valence-corrected chi connectivity index (χ0v) is 17.1. The molecule has 1 atom stereocenters. The highest BCUT2D eigenvalue weighted by Gasteiger charge is 2.31. The largest absolute Gasteiger partial charge is 0.444 e. The molecule has 0 aliphatic heterocycles. The first-order valence-electron chi connectivity index (χ1n) is 9.72. The average molecular weight is 418 g/mol. The number of rotatable bonds is 5. The molecule has 3 rings (SSSR count). The predicted molar refractivity (Wildman–Crippen MR) is 110 cm³/mol. The van der Waals surface area contributed by atoms with Crippen molar-refractivity contribution in [1.82, 2.24) is 10.3 Å². The number of alkyl carbamates (subject to hydrolysis) is 1. The highest BCUT2D eigenvalue weighted by molar-refractivity contribution is 5.84. The molecule has 1 aromatic heterocycles. The molecular weight excluding hydrogens is 393 g/mol. The molecule has 30 heavy (non-hydrogen) atoms. The van der Waals surface area contributed by atoms with Crippen molar-refractivity contribution in [1.29, 1.82) is 0 Å². The molecule has 0 spiro atoms. The molecule has 2 aromatic carbocycles. The molecule has 0 fully saturated rings. The Morgan fingerprint density at radius 1 is 1.07 bits per heavy atom. The summed E-state index contributed by atoms with van der Waals surface area (Å²) in [4.78, 5) is 15.4. The maximum absolute atomic E-state index is 13.1. The van der Waals surface area contributed by atoms with Crippen molar-refractivity contribution < 1.29 is 22.7 Å². The molecule has 0 aliphatic carbocycles. The molecule has 0 saturated carbocycles. The molecule has 0 aliphatic rings. The van der Waals surface area contributed by atoms with Gasteiger partial charge in [-0.25, -0.2) is 4.79 Å². The fourth-order valence-corrected chi connectivity index (χ4v) is 3.34. The van der Waals surface area contributed by atoms with Crippen LogP contribution in [-0.4, -0.2) is 22.7 Å². The van der Waals surface area contributed by atoms with Crippen LogP contribution in [0.3, 0.4) is 0 Å². The molecular formula is C23H25F3N2O2. The summed E-state index contributed by atoms with van der Waals surface area (Å²) in [6.45, 7) is 5.32. The van der Waals surface area contributed by atoms with Gasteiger partial charge in [0, 0.05) is 23.1 Å². The minimum absolute atomic E-state index is 0.351. The van der Waals surface area contributed by atoms with E-state index in [2.05, 4.69) is 10.3 Å². The fraction of sp³-hybridized carbons (Fsp3) is 0.348. The maximum Gasteiger partial charge on any atom is 0.416 e. The summed E-state index contributed by atoms with van der Waals surface area (Å²) in [5.74, 6) is 0. The minimum Gasteiger partial charge on any atom is -0.444 e. The van der Waals surface area contributed by atoms with Crippen LogP contribution in [0.2, 0.25) is 0 Å². The van der Waals surface area contributed by atoms with Crippen LogP contribution in [0.5, 0.6) is 0 Å². The smallest absolute Gasteiger partial charge is 0.416 e. The molecule has 2 N–H and O–H groups in total. The predicted octanol–water partition coefficient (Wildman–Crippen LogP) is 5.87. The molecule has 1 heterocycles. The molecule has 4 nitrogen and oxygen atoms in total. The van der Waals surface area contributed by atoms with Crippen molar-refractivity contribution in [3.8, 4) is 0 Å². The number of alkyl halides is 3. The van der Waals surface area contributed by atoms with Crippen LogP contribution in [0.1, 0.15) is 37.5 Å². The van der Waals surface area contributed by atoms with Gasteiger partial charge in [0.2, 0.25) is 0 Å². The third-order valence-electron chi connectivity index (χ3n) is 4.61. The van der Waals surface area contributed by atoms with Crippen molar-refractivity contribution in [3.63, 3.8) is 0 Å². The van der Waals surface area contributed by atoms with E-state index < -0.39 is 23.4 Å². The number of hydrogen-bond donors (Lipinski definition) is 2. The second-order valence-corrected chi connectivity index (χ2v) is 8.31. The maximum atomic E-state index is 13.1. The van der Waals surface area contributed by atoms with Crippen LogP contribution in [0.4, 0.5) is 18.0 Å². The molecule has 0 bridgehead atoms. The van der Waals surface area contributed by atoms with Crippen LogP contribution < -0.4 is 5.32 Å². The van der Waals surface area contributed by atoms with E-state index in [4.69, 9.17) is 4.74 Å². The Balaban J connectivity index is 1.87. The van der Waals surface area contributed by atoms with E-state index in [1.165, 1.54) is 6.07 Å². The number of H-pyrrole nitrogens is 1. The number of aromatic amines is 1. The van der Waals surface area contributed by atoms with Gasteiger partial charge < -0.3 is 15.0 Å². The van der Waals surface area contributed by atoms with Gasteiger partial charge in [0.1, 0.15) is 5.60 Å². The van der Waals surface area contributed by atoms with Gasteiger partial charge in [-0.2, -0.15) is 13.2 Å². The van der Waals surface area contributed by atoms with E-state index in [9.17, 15) is 18.0 Å². The Hall–Kier alpha value is -2.96. The lowest BCUT2D eigenvalue weighted by molar-refractivity contribution is -0.137. The molecule has 3 aromatic rings. The first kappa shape index (κ1) is 21.7. The molecule has 0 radical (unpaired) electrons. The number of halogens is 3. The van der Waals surface area contributed by atoms with Gasteiger partial charge in [0.05, 0.1) is 5.56 Å². The Bertz CT molecular complexity index is 1000. The van der Waals surface area contributed by atoms with Gasteiger partial charge in [-0.1, -0.05) is 30.3 Å². The number of amides is 1. The molecule has 0 saturated heterocycles. The summed E-state index contributed by atoms with van der Waals surface area (Å²) in [5.41, 5.74) is 0.982. The number of aromatic nitrogens is 1. The number of ether oxygens (including phenoxy) is 1. The summed E-state index contributed by atoms with van der Waals surface area (Å²) in [6, 6.07) is 12.9. The normalized spacial score (nSPS) is 13.3. The van der Waals surface area contributed by atoms with E-state index in [1.54, 1.807) is 27.0 Å². The Morgan fingerprint density at radius 3 is 2.40 bits per heavy atom. The Morgan fingerprint density at radius 2 is 1.77 bits per heavy atom. The van der Waals surface area contributed by atoms with E-state index in [-0.39, 0.29) is 6.04 Å². The molecule has 160 valence electrons. The summed E-state index contributed by atoms with van der Waals surface area (Å²) >= 11 is 0. The fourth-order valence-electron chi connectivity index (χ4n) is 3.34. The summed E-state index contributed by atoms with van der Waals surface area (Å²) < 4.78 is 44.8. The van der Waals surface area contributed by atoms with Gasteiger partial charge in [0.15, 0.2) is 0 Å². The number of benzene rings is 2. The quantitative estimate of drug-likeness (QED) is 0.545. The summed E-state index contributed by atoms with van der Waals surface area (Å²) in [5, 5.41) is 3.37. The van der Waals surface area contributed by atoms with E-state index >= 15 is 0 Å². The topological polar surface area (TPSA) is 54.1 Å². The second kappa shape index (κ2) is 8.42. The van der Waals surface area contributed by atoms with Crippen LogP contribution >= 0.6 is 0 Å². The molecule has 0 unspecified atom stereocenters. The SMILES string of the molecule is CC(C)(C)OC(=O)N[C@H](Cc1ccccc1)Cc1c[nH]c2ccc(C(F)(F)F)cc12. The van der Waals surface area contributed by atoms with Crippen LogP contribution in [0, 0.1) is 0 Å². The molecule has 1 amide bonds. The highest BCUT2D eigenvalue weighted by Crippen LogP contribution is 2.32. The third kappa shape index (κ3) is 5.78. The number of carbonyl (C=O) groups is 1. The number of fused-ring (bicyclic) bond motifs is 1. The zero-order valence-electron chi connectivity index (χ0n) is 17.1. The first-order valence-corrected chi connectivity index (χ1v) is 9.72. The Kier molecular flexibility index (Phi) is 6.10. The van der Waals surface area contributed by atoms with Crippen molar-refractivity contribution in [2.45, 2.75) is 51.4 Å². The van der Waals surface area contributed by atoms with Crippen molar-refractivity contribution >= 4 is 17.0 Å². The summed E-state index contributed by atoms with van der Waals surface area (Å²) in [7, 11) is 0. The third-order valence-corrected chi connectivity index (χ3v) is 4.61. The van der Waals surface area contributed by atoms with Crippen LogP contribution in [-0.2, 0) is 23.8 Å². The lowest BCUT2D eigenvalue weighted by atomic mass is 9.98. The van der Waals surface area contributed by atoms with E-state index in [0.29, 0.717) is 29.3 Å². The van der Waals surface area contributed by atoms with E-state index in [1.807, 2.05) is 30.3 Å². The van der Waals surface area contributed by atoms with Crippen LogP contribution in [0.15, 0.2) is 54.7 Å². The summed E-state index contributed by atoms with van der Waals surface area (Å²) in [6.07, 6.45) is -2.40. The van der Waals surface area contributed by atoms with Crippen LogP contribution in [0.25, 0.3) is 10.9 Å². The average Bonchev–Trinajstić information content (AvgIpc) is 3.02. The highest BCUT2D eigenvalue weighted by atomic mass is 19.4. The van der Waals surface area contributed by atoms with Gasteiger partial charge in [0.25, 0.3) is 0 Å².